The van der Waals surface area contributed by atoms with E-state index in [1.165, 1.54) is 10.8 Å². The Kier molecular flexibility index (Phi) is 18.4. The molecule has 0 unspecified atom stereocenters. The molecule has 7 nitrogen and oxygen atoms in total. The number of para-hydroxylation sites is 1. The van der Waals surface area contributed by atoms with E-state index in [-0.39, 0.29) is 0 Å². The van der Waals surface area contributed by atoms with Crippen LogP contribution >= 0.6 is 0 Å². The molecule has 17 aromatic carbocycles. The molecule has 0 aliphatic heterocycles. The first-order chi connectivity index (χ1) is 53.9. The van der Waals surface area contributed by atoms with Crippen LogP contribution in [0.3, 0.4) is 0 Å². The number of ether oxygens (including phenoxy) is 2. The zero-order valence-electron chi connectivity index (χ0n) is 60.3. The number of benzene rings is 17. The van der Waals surface area contributed by atoms with Crippen molar-refractivity contribution >= 4 is 145 Å². The van der Waals surface area contributed by atoms with Crippen molar-refractivity contribution in [3.63, 3.8) is 0 Å². The fraction of sp³-hybridized carbons (Fsp3) is 0.0392. The second-order valence-electron chi connectivity index (χ2n) is 27.7. The first kappa shape index (κ1) is 67.1. The maximum absolute atomic E-state index is 6.28. The molecule has 0 saturated carbocycles. The Morgan fingerprint density at radius 3 is 0.780 bits per heavy atom. The highest BCUT2D eigenvalue weighted by molar-refractivity contribution is 6.13. The Morgan fingerprint density at radius 1 is 0.229 bits per heavy atom. The molecule has 7 heteroatoms. The molecule has 0 amide bonds. The van der Waals surface area contributed by atoms with Crippen molar-refractivity contribution in [3.8, 4) is 5.69 Å². The summed E-state index contributed by atoms with van der Waals surface area (Å²) in [7, 11) is 0. The van der Waals surface area contributed by atoms with Gasteiger partial charge in [-0.2, -0.15) is 0 Å². The van der Waals surface area contributed by atoms with Crippen LogP contribution in [0.4, 0.5) is 68.2 Å². The SMILES string of the molecule is C=Cc1ccc(COCc2ccc(N(c3ccc(N(c4ccc5c(c4)c4cc(N(c6ccc(N(c7ccc(COCc8ccc(C=C)cc8)cc7)c7cccc8ccccc78)cc6)c6cccc7ccccc67)ccc4n5-c4ccccc4)c4cccc5ccccc45)cc3)c3cccc4ccccc34)cc2)cc1. The van der Waals surface area contributed by atoms with Gasteiger partial charge in [0, 0.05) is 83.5 Å². The molecular weight excluding hydrogens is 1330 g/mol. The summed E-state index contributed by atoms with van der Waals surface area (Å²) in [4.78, 5) is 9.63. The summed E-state index contributed by atoms with van der Waals surface area (Å²) in [5.41, 5.74) is 22.5. The number of fused-ring (bicyclic) bond motifs is 7. The van der Waals surface area contributed by atoms with Gasteiger partial charge in [0.05, 0.1) is 60.2 Å². The summed E-state index contributed by atoms with van der Waals surface area (Å²) in [5, 5.41) is 11.5. The van der Waals surface area contributed by atoms with Gasteiger partial charge in [-0.25, -0.2) is 0 Å². The largest absolute Gasteiger partial charge is 0.372 e. The molecule has 1 aromatic heterocycles. The second-order valence-corrected chi connectivity index (χ2v) is 27.7. The van der Waals surface area contributed by atoms with E-state index in [0.717, 1.165) is 161 Å². The Balaban J connectivity index is 0.745. The molecule has 18 rings (SSSR count). The molecule has 0 bridgehead atoms. The first-order valence-electron chi connectivity index (χ1n) is 37.2. The van der Waals surface area contributed by atoms with Crippen LogP contribution in [0.25, 0.3) is 82.7 Å². The summed E-state index contributed by atoms with van der Waals surface area (Å²) in [6, 6.07) is 138. The Morgan fingerprint density at radius 2 is 0.477 bits per heavy atom. The second kappa shape index (κ2) is 30.0. The average molecular weight is 1400 g/mol. The molecule has 18 aromatic rings. The van der Waals surface area contributed by atoms with Gasteiger partial charge in [0.15, 0.2) is 0 Å². The zero-order chi connectivity index (χ0) is 73.0. The standard InChI is InChI=1S/C102H77N5O2/c1-3-72-38-42-74(43-39-72)68-108-70-76-46-50-83(51-47-76)103(97-34-16-24-78-20-8-12-30-91(78)97)85-54-58-87(59-55-85)105(99-36-18-26-80-22-10-14-32-93(80)99)89-62-64-101-95(66-89)96-67-90(63-65-102(96)107(101)82-28-6-5-7-29-82)106(100-37-19-27-81-23-11-15-33-94(81)100)88-60-56-86(57-61-88)104(98-35-17-25-79-21-9-13-31-92(79)98)84-52-48-77(49-53-84)71-109-69-75-44-40-73(4-2)41-45-75/h3-67H,1-2,68-71H2. The number of rotatable bonds is 23. The van der Waals surface area contributed by atoms with Crippen LogP contribution < -0.4 is 19.6 Å². The van der Waals surface area contributed by atoms with Gasteiger partial charge < -0.3 is 33.6 Å². The Labute approximate surface area is 635 Å². The molecule has 0 aliphatic carbocycles. The van der Waals surface area contributed by atoms with Gasteiger partial charge in [0.25, 0.3) is 0 Å². The fourth-order valence-corrected chi connectivity index (χ4v) is 15.5. The molecule has 0 N–H and O–H groups in total. The van der Waals surface area contributed by atoms with Crippen molar-refractivity contribution in [2.75, 3.05) is 19.6 Å². The fourth-order valence-electron chi connectivity index (χ4n) is 15.5. The number of hydrogen-bond acceptors (Lipinski definition) is 6. The summed E-state index contributed by atoms with van der Waals surface area (Å²) in [6.45, 7) is 9.85. The van der Waals surface area contributed by atoms with E-state index in [4.69, 9.17) is 9.47 Å². The van der Waals surface area contributed by atoms with Gasteiger partial charge in [0.2, 0.25) is 0 Å². The highest BCUT2D eigenvalue weighted by Gasteiger charge is 2.25. The minimum absolute atomic E-state index is 0.492. The molecular formula is C102H77N5O2. The third-order valence-corrected chi connectivity index (χ3v) is 20.9. The van der Waals surface area contributed by atoms with Crippen LogP contribution in [-0.2, 0) is 35.9 Å². The van der Waals surface area contributed by atoms with Gasteiger partial charge in [-0.15, -0.1) is 0 Å². The highest BCUT2D eigenvalue weighted by Crippen LogP contribution is 2.48. The molecule has 0 aliphatic rings. The smallest absolute Gasteiger partial charge is 0.0721 e. The van der Waals surface area contributed by atoms with Crippen LogP contribution in [-0.4, -0.2) is 4.57 Å². The van der Waals surface area contributed by atoms with Crippen LogP contribution in [0.15, 0.2) is 395 Å². The van der Waals surface area contributed by atoms with Gasteiger partial charge in [0.1, 0.15) is 0 Å². The maximum atomic E-state index is 6.28. The molecule has 0 radical (unpaired) electrons. The van der Waals surface area contributed by atoms with E-state index in [2.05, 4.69) is 420 Å². The van der Waals surface area contributed by atoms with Crippen LogP contribution in [0.1, 0.15) is 33.4 Å². The van der Waals surface area contributed by atoms with Gasteiger partial charge >= 0.3 is 0 Å². The monoisotopic (exact) mass is 1400 g/mol. The number of hydrogen-bond donors (Lipinski definition) is 0. The summed E-state index contributed by atoms with van der Waals surface area (Å²) in [6.07, 6.45) is 3.72. The van der Waals surface area contributed by atoms with Crippen molar-refractivity contribution in [1.82, 2.24) is 4.57 Å². The molecule has 0 atom stereocenters. The van der Waals surface area contributed by atoms with E-state index in [1.807, 2.05) is 12.2 Å². The molecule has 0 spiro atoms. The topological polar surface area (TPSA) is 36.4 Å². The summed E-state index contributed by atoms with van der Waals surface area (Å²) >= 11 is 0. The van der Waals surface area contributed by atoms with Crippen LogP contribution in [0.2, 0.25) is 0 Å². The predicted molar refractivity (Wildman–Crippen MR) is 460 cm³/mol. The van der Waals surface area contributed by atoms with E-state index in [1.54, 1.807) is 0 Å². The van der Waals surface area contributed by atoms with Crippen molar-refractivity contribution in [1.29, 1.82) is 0 Å². The number of nitrogens with zero attached hydrogens (tertiary/aromatic N) is 5. The Bertz CT molecular complexity index is 5940. The lowest BCUT2D eigenvalue weighted by atomic mass is 10.0. The van der Waals surface area contributed by atoms with Crippen LogP contribution in [0.5, 0.6) is 0 Å². The Hall–Kier alpha value is -13.8. The van der Waals surface area contributed by atoms with Crippen molar-refractivity contribution in [3.05, 3.63) is 429 Å². The summed E-state index contributed by atoms with van der Waals surface area (Å²) in [5.74, 6) is 0. The zero-order valence-corrected chi connectivity index (χ0v) is 60.3. The van der Waals surface area contributed by atoms with Crippen molar-refractivity contribution in [2.24, 2.45) is 0 Å². The minimum Gasteiger partial charge on any atom is -0.372 e. The van der Waals surface area contributed by atoms with Crippen LogP contribution in [0, 0.1) is 0 Å². The van der Waals surface area contributed by atoms with Gasteiger partial charge in [-0.1, -0.05) is 262 Å². The van der Waals surface area contributed by atoms with E-state index in [9.17, 15) is 0 Å². The molecule has 522 valence electrons. The summed E-state index contributed by atoms with van der Waals surface area (Å²) < 4.78 is 15.0. The van der Waals surface area contributed by atoms with E-state index < -0.39 is 0 Å². The average Bonchev–Trinajstić information content (AvgIpc) is 1.58. The van der Waals surface area contributed by atoms with Crippen molar-refractivity contribution in [2.45, 2.75) is 26.4 Å². The molecule has 0 fully saturated rings. The number of anilines is 12. The normalized spacial score (nSPS) is 11.4. The number of aromatic nitrogens is 1. The lowest BCUT2D eigenvalue weighted by Crippen LogP contribution is -2.13. The van der Waals surface area contributed by atoms with E-state index in [0.29, 0.717) is 26.4 Å². The lowest BCUT2D eigenvalue weighted by Gasteiger charge is -2.30. The van der Waals surface area contributed by atoms with E-state index >= 15 is 0 Å². The first-order valence-corrected chi connectivity index (χ1v) is 37.2. The molecule has 0 saturated heterocycles. The minimum atomic E-state index is 0.492. The van der Waals surface area contributed by atoms with Gasteiger partial charge in [-0.3, -0.25) is 0 Å². The van der Waals surface area contributed by atoms with Gasteiger partial charge in [-0.05, 0) is 201 Å². The highest BCUT2D eigenvalue weighted by atomic mass is 16.5. The quantitative estimate of drug-likeness (QED) is 0.0635. The van der Waals surface area contributed by atoms with Crippen molar-refractivity contribution < 1.29 is 9.47 Å². The maximum Gasteiger partial charge on any atom is 0.0721 e. The third kappa shape index (κ3) is 13.4. The predicted octanol–water partition coefficient (Wildman–Crippen LogP) is 28.0. The molecule has 109 heavy (non-hydrogen) atoms. The lowest BCUT2D eigenvalue weighted by molar-refractivity contribution is 0.107. The third-order valence-electron chi connectivity index (χ3n) is 20.9. The molecule has 1 heterocycles.